The average molecular weight is 627 g/mol. The van der Waals surface area contributed by atoms with Gasteiger partial charge < -0.3 is 0 Å². The van der Waals surface area contributed by atoms with Gasteiger partial charge in [0.1, 0.15) is 0 Å². The van der Waals surface area contributed by atoms with Crippen LogP contribution >= 0.6 is 12.6 Å². The van der Waals surface area contributed by atoms with Crippen LogP contribution in [0.5, 0.6) is 0 Å². The number of hydrogen-bond acceptors (Lipinski definition) is 1. The Kier molecular flexibility index (Phi) is 19.9. The number of benzene rings is 3. The molecular weight excluding hydrogens is 561 g/mol. The van der Waals surface area contributed by atoms with E-state index >= 15 is 0 Å². The Bertz CT molecular complexity index is 1290. The van der Waals surface area contributed by atoms with Gasteiger partial charge in [-0.05, 0) is 119 Å². The van der Waals surface area contributed by atoms with Gasteiger partial charge in [-0.3, -0.25) is 0 Å². The predicted molar refractivity (Wildman–Crippen MR) is 210 cm³/mol. The van der Waals surface area contributed by atoms with E-state index in [0.29, 0.717) is 5.92 Å². The molecule has 0 spiro atoms. The Labute approximate surface area is 285 Å². The van der Waals surface area contributed by atoms with Gasteiger partial charge in [-0.1, -0.05) is 150 Å². The van der Waals surface area contributed by atoms with Crippen molar-refractivity contribution in [2.75, 3.05) is 0 Å². The molecule has 1 unspecified atom stereocenters. The average Bonchev–Trinajstić information content (AvgIpc) is 3.27. The van der Waals surface area contributed by atoms with E-state index in [-0.39, 0.29) is 0 Å². The first kappa shape index (κ1) is 40.5. The molecule has 0 aliphatic heterocycles. The van der Waals surface area contributed by atoms with Crippen LogP contribution in [-0.4, -0.2) is 0 Å². The molecule has 1 fully saturated rings. The Balaban J connectivity index is 0.00000117. The molecule has 0 heterocycles. The summed E-state index contributed by atoms with van der Waals surface area (Å²) >= 11 is 4.60. The largest absolute Gasteiger partial charge is 0.143 e. The Morgan fingerprint density at radius 3 is 2.02 bits per heavy atom. The van der Waals surface area contributed by atoms with E-state index in [4.69, 9.17) is 0 Å². The lowest BCUT2D eigenvalue weighted by Gasteiger charge is -2.39. The normalized spacial score (nSPS) is 17.1. The molecule has 0 nitrogen and oxygen atoms in total. The summed E-state index contributed by atoms with van der Waals surface area (Å²) in [6.07, 6.45) is 12.3. The Morgan fingerprint density at radius 2 is 1.44 bits per heavy atom. The van der Waals surface area contributed by atoms with Crippen LogP contribution in [0.15, 0.2) is 72.1 Å². The third-order valence-corrected chi connectivity index (χ3v) is 9.29. The third kappa shape index (κ3) is 10.8. The highest BCUT2D eigenvalue weighted by molar-refractivity contribution is 7.80. The minimum atomic E-state index is 0.641. The molecule has 0 saturated heterocycles. The van der Waals surface area contributed by atoms with Gasteiger partial charge in [0.25, 0.3) is 0 Å². The van der Waals surface area contributed by atoms with Crippen molar-refractivity contribution in [2.45, 2.75) is 138 Å². The van der Waals surface area contributed by atoms with Crippen molar-refractivity contribution in [3.63, 3.8) is 0 Å². The van der Waals surface area contributed by atoms with Gasteiger partial charge in [0.2, 0.25) is 0 Å². The SMILES string of the molecule is C=Cc1ccc2c(c1)CCCC(c1ccc(S)cc1C)=C2c1ccc(C(C)C2CC(CCCC)C2)cc1.CC.CC.CC.CC. The zero-order valence-corrected chi connectivity index (χ0v) is 31.8. The van der Waals surface area contributed by atoms with Crippen molar-refractivity contribution in [1.29, 1.82) is 0 Å². The number of unbranched alkanes of at least 4 members (excludes halogenated alkanes) is 1. The van der Waals surface area contributed by atoms with E-state index in [0.717, 1.165) is 36.0 Å². The van der Waals surface area contributed by atoms with Crippen molar-refractivity contribution < 1.29 is 0 Å². The summed E-state index contributed by atoms with van der Waals surface area (Å²) in [5.41, 5.74) is 12.4. The lowest BCUT2D eigenvalue weighted by atomic mass is 9.66. The summed E-state index contributed by atoms with van der Waals surface area (Å²) in [4.78, 5) is 1.03. The maximum atomic E-state index is 4.60. The zero-order chi connectivity index (χ0) is 33.9. The molecule has 0 N–H and O–H groups in total. The molecule has 3 aromatic rings. The van der Waals surface area contributed by atoms with Crippen LogP contribution in [0.25, 0.3) is 17.2 Å². The summed E-state index contributed by atoms with van der Waals surface area (Å²) in [5.74, 6) is 2.46. The molecule has 0 bridgehead atoms. The molecule has 1 atom stereocenters. The fourth-order valence-electron chi connectivity index (χ4n) is 6.67. The fourth-order valence-corrected chi connectivity index (χ4v) is 6.94. The molecule has 5 rings (SSSR count). The molecule has 0 radical (unpaired) electrons. The van der Waals surface area contributed by atoms with Crippen LogP contribution in [-0.2, 0) is 6.42 Å². The zero-order valence-electron chi connectivity index (χ0n) is 30.9. The number of fused-ring (bicyclic) bond motifs is 1. The minimum Gasteiger partial charge on any atom is -0.143 e. The first-order chi connectivity index (χ1) is 22.0. The van der Waals surface area contributed by atoms with E-state index in [9.17, 15) is 0 Å². The summed E-state index contributed by atoms with van der Waals surface area (Å²) in [6, 6.07) is 23.1. The molecule has 1 saturated carbocycles. The van der Waals surface area contributed by atoms with Gasteiger partial charge in [-0.15, -0.1) is 12.6 Å². The summed E-state index contributed by atoms with van der Waals surface area (Å²) < 4.78 is 0. The lowest BCUT2D eigenvalue weighted by molar-refractivity contribution is 0.154. The molecule has 0 amide bonds. The van der Waals surface area contributed by atoms with Crippen molar-refractivity contribution in [3.05, 3.63) is 106 Å². The monoisotopic (exact) mass is 626 g/mol. The summed E-state index contributed by atoms with van der Waals surface area (Å²) in [6.45, 7) is 27.0. The van der Waals surface area contributed by atoms with Crippen molar-refractivity contribution in [1.82, 2.24) is 0 Å². The van der Waals surface area contributed by atoms with E-state index in [2.05, 4.69) is 101 Å². The topological polar surface area (TPSA) is 0 Å². The number of aryl methyl sites for hydroxylation is 2. The van der Waals surface area contributed by atoms with Gasteiger partial charge in [-0.2, -0.15) is 0 Å². The molecule has 248 valence electrons. The van der Waals surface area contributed by atoms with Crippen molar-refractivity contribution in [3.8, 4) is 0 Å². The summed E-state index contributed by atoms with van der Waals surface area (Å²) in [7, 11) is 0. The molecule has 45 heavy (non-hydrogen) atoms. The molecule has 2 aliphatic carbocycles. The molecular formula is C44H66S. The standard InChI is InChI=1S/C36H42S.4C2H6/c1-5-7-9-27-22-31(23-27)25(4)28-13-15-29(16-14-28)36-34-18-12-26(6-2)21-30(34)10-8-11-35(36)33-19-17-32(37)20-24(33)3;4*1-2/h6,12-21,25,27,31,37H,2,5,7-11,22-23H2,1,3-4H3;4*1-2H3. The van der Waals surface area contributed by atoms with Gasteiger partial charge in [0, 0.05) is 4.90 Å². The van der Waals surface area contributed by atoms with Gasteiger partial charge in [0.15, 0.2) is 0 Å². The minimum absolute atomic E-state index is 0.641. The molecule has 1 heteroatoms. The second-order valence-electron chi connectivity index (χ2n) is 11.5. The highest BCUT2D eigenvalue weighted by Gasteiger charge is 2.33. The van der Waals surface area contributed by atoms with E-state index in [1.165, 1.54) is 82.2 Å². The lowest BCUT2D eigenvalue weighted by Crippen LogP contribution is -2.27. The van der Waals surface area contributed by atoms with E-state index < -0.39 is 0 Å². The quantitative estimate of drug-likeness (QED) is 0.236. The van der Waals surface area contributed by atoms with Crippen LogP contribution in [0, 0.1) is 18.8 Å². The van der Waals surface area contributed by atoms with Crippen LogP contribution in [0.2, 0.25) is 0 Å². The van der Waals surface area contributed by atoms with Gasteiger partial charge in [0.05, 0.1) is 0 Å². The van der Waals surface area contributed by atoms with Crippen LogP contribution in [0.3, 0.4) is 0 Å². The molecule has 2 aliphatic rings. The van der Waals surface area contributed by atoms with E-state index in [1.807, 2.05) is 61.5 Å². The number of rotatable bonds is 8. The predicted octanol–water partition coefficient (Wildman–Crippen LogP) is 14.6. The highest BCUT2D eigenvalue weighted by Crippen LogP contribution is 2.46. The van der Waals surface area contributed by atoms with Crippen LogP contribution < -0.4 is 0 Å². The van der Waals surface area contributed by atoms with Gasteiger partial charge >= 0.3 is 0 Å². The molecule has 0 aromatic heterocycles. The van der Waals surface area contributed by atoms with Crippen LogP contribution in [0.4, 0.5) is 0 Å². The number of hydrogen-bond donors (Lipinski definition) is 1. The van der Waals surface area contributed by atoms with Crippen LogP contribution in [0.1, 0.15) is 159 Å². The third-order valence-electron chi connectivity index (χ3n) is 9.01. The maximum Gasteiger partial charge on any atom is 0.00430 e. The van der Waals surface area contributed by atoms with Gasteiger partial charge in [-0.25, -0.2) is 0 Å². The number of allylic oxidation sites excluding steroid dienone is 1. The maximum absolute atomic E-state index is 4.60. The van der Waals surface area contributed by atoms with Crippen molar-refractivity contribution >= 4 is 29.9 Å². The Morgan fingerprint density at radius 1 is 0.822 bits per heavy atom. The fraction of sp³-hybridized carbons (Fsp3) is 0.500. The van der Waals surface area contributed by atoms with Crippen molar-refractivity contribution in [2.24, 2.45) is 11.8 Å². The first-order valence-corrected chi connectivity index (χ1v) is 18.8. The Hall–Kier alpha value is -2.51. The second-order valence-corrected chi connectivity index (χ2v) is 12.0. The highest BCUT2D eigenvalue weighted by atomic mass is 32.1. The summed E-state index contributed by atoms with van der Waals surface area (Å²) in [5, 5.41) is 0. The second kappa shape index (κ2) is 22.1. The van der Waals surface area contributed by atoms with E-state index in [1.54, 1.807) is 0 Å². The number of thiol groups is 1. The molecule has 3 aromatic carbocycles. The smallest absolute Gasteiger partial charge is 0.00430 e. The first-order valence-electron chi connectivity index (χ1n) is 18.4.